The van der Waals surface area contributed by atoms with Gasteiger partial charge in [0.15, 0.2) is 11.5 Å². The lowest BCUT2D eigenvalue weighted by Gasteiger charge is -2.23. The van der Waals surface area contributed by atoms with Crippen LogP contribution >= 0.6 is 22.0 Å². The van der Waals surface area contributed by atoms with Gasteiger partial charge in [-0.3, -0.25) is 9.36 Å². The van der Waals surface area contributed by atoms with Crippen LogP contribution in [0.5, 0.6) is 11.5 Å². The summed E-state index contributed by atoms with van der Waals surface area (Å²) in [4.78, 5) is 25.6. The molecule has 0 aliphatic carbocycles. The van der Waals surface area contributed by atoms with E-state index in [0.29, 0.717) is 24.6 Å². The number of nitrogens with zero attached hydrogens (tertiary/aromatic N) is 6. The van der Waals surface area contributed by atoms with Crippen LogP contribution in [0.2, 0.25) is 0 Å². The van der Waals surface area contributed by atoms with Crippen molar-refractivity contribution >= 4 is 34.1 Å². The minimum atomic E-state index is -0.524. The van der Waals surface area contributed by atoms with Crippen LogP contribution in [-0.2, 0) is 11.1 Å². The predicted molar refractivity (Wildman–Crippen MR) is 136 cm³/mol. The van der Waals surface area contributed by atoms with Crippen molar-refractivity contribution in [2.75, 3.05) is 13.1 Å². The van der Waals surface area contributed by atoms with Gasteiger partial charge in [0, 0.05) is 13.1 Å². The molecule has 2 aromatic heterocycles. The van der Waals surface area contributed by atoms with E-state index in [1.54, 1.807) is 21.8 Å². The first-order valence-electron chi connectivity index (χ1n) is 11.3. The van der Waals surface area contributed by atoms with Crippen LogP contribution in [0, 0.1) is 0 Å². The third-order valence-electron chi connectivity index (χ3n) is 4.38. The number of hydrogen-bond donors (Lipinski definition) is 0. The summed E-state index contributed by atoms with van der Waals surface area (Å²) in [5, 5.41) is 8.51. The second kappa shape index (κ2) is 11.9. The molecule has 0 aromatic carbocycles. The molecule has 0 aliphatic rings. The Bertz CT molecular complexity index is 872. The Hall–Kier alpha value is -2.34. The summed E-state index contributed by atoms with van der Waals surface area (Å²) in [6.07, 6.45) is 6.83. The Balaban J connectivity index is 2.00. The van der Waals surface area contributed by atoms with Gasteiger partial charge in [-0.25, -0.2) is 18.2 Å². The van der Waals surface area contributed by atoms with Crippen LogP contribution in [0.15, 0.2) is 24.8 Å². The topological polar surface area (TPSA) is 94.7 Å². The molecule has 0 atom stereocenters. The van der Waals surface area contributed by atoms with Gasteiger partial charge in [0.2, 0.25) is 0 Å². The maximum atomic E-state index is 12.8. The lowest BCUT2D eigenvalue weighted by molar-refractivity contribution is 0.180. The third-order valence-corrected chi connectivity index (χ3v) is 6.75. The van der Waals surface area contributed by atoms with Gasteiger partial charge in [0.05, 0.1) is 57.8 Å². The number of carbonyl (C=O) groups excluding carboxylic acids is 2. The summed E-state index contributed by atoms with van der Waals surface area (Å²) >= 11 is 0. The number of hydrogen-bond acceptors (Lipinski definition) is 8. The molecule has 2 rings (SSSR count). The largest absolute Gasteiger partial charge is 0.426 e. The highest BCUT2D eigenvalue weighted by molar-refractivity contribution is 8.75. The van der Waals surface area contributed by atoms with E-state index in [9.17, 15) is 9.59 Å². The smallest absolute Gasteiger partial charge is 0.406 e. The van der Waals surface area contributed by atoms with Crippen molar-refractivity contribution in [3.63, 3.8) is 0 Å². The van der Waals surface area contributed by atoms with E-state index in [4.69, 9.17) is 9.47 Å². The van der Waals surface area contributed by atoms with Crippen molar-refractivity contribution in [3.8, 4) is 11.5 Å². The maximum absolute atomic E-state index is 12.8. The van der Waals surface area contributed by atoms with Crippen LogP contribution in [-0.4, -0.2) is 53.4 Å². The first-order chi connectivity index (χ1) is 15.8. The molecule has 0 bridgehead atoms. The Labute approximate surface area is 210 Å². The Morgan fingerprint density at radius 2 is 1.15 bits per heavy atom. The summed E-state index contributed by atoms with van der Waals surface area (Å²) in [7, 11) is 2.27. The molecule has 0 N–H and O–H groups in total. The molecule has 0 radical (unpaired) electrons. The molecular formula is C22H36N6O4S2. The van der Waals surface area contributed by atoms with E-state index in [1.165, 1.54) is 21.0 Å². The quantitative estimate of drug-likeness (QED) is 0.302. The maximum Gasteiger partial charge on any atom is 0.426 e. The fourth-order valence-electron chi connectivity index (χ4n) is 2.56. The van der Waals surface area contributed by atoms with Crippen LogP contribution in [0.3, 0.4) is 0 Å². The average Bonchev–Trinajstić information content (AvgIpc) is 3.39. The van der Waals surface area contributed by atoms with Crippen LogP contribution in [0.4, 0.5) is 9.59 Å². The van der Waals surface area contributed by atoms with Gasteiger partial charge in [-0.05, 0) is 54.4 Å². The number of carbonyl (C=O) groups is 2. The van der Waals surface area contributed by atoms with Crippen molar-refractivity contribution < 1.29 is 19.1 Å². The van der Waals surface area contributed by atoms with Gasteiger partial charge in [0.1, 0.15) is 0 Å². The molecular weight excluding hydrogens is 476 g/mol. The van der Waals surface area contributed by atoms with Gasteiger partial charge in [-0.15, -0.1) is 0 Å². The number of rotatable bonds is 9. The van der Waals surface area contributed by atoms with Crippen molar-refractivity contribution in [1.29, 1.82) is 0 Å². The van der Waals surface area contributed by atoms with E-state index in [2.05, 4.69) is 10.2 Å². The zero-order valence-corrected chi connectivity index (χ0v) is 22.9. The van der Waals surface area contributed by atoms with Gasteiger partial charge in [0.25, 0.3) is 0 Å². The molecule has 2 amide bonds. The standard InChI is InChI=1S/C22H36N6O4S2/c1-9-11-25(19(29)31-17-13-23-27(15-17)21(3,4)5)33-34-26(12-10-2)20(30)32-18-14-24-28(16-18)22(6,7)8/h13-16H,9-12H2,1-8H3. The molecule has 2 heterocycles. The molecule has 2 aromatic rings. The predicted octanol–water partition coefficient (Wildman–Crippen LogP) is 5.92. The fourth-order valence-corrected chi connectivity index (χ4v) is 4.73. The molecule has 0 saturated carbocycles. The fraction of sp³-hybridized carbons (Fsp3) is 0.636. The van der Waals surface area contributed by atoms with Gasteiger partial charge < -0.3 is 9.47 Å². The highest BCUT2D eigenvalue weighted by Crippen LogP contribution is 2.32. The SMILES string of the molecule is CCCN(SSN(CCC)C(=O)Oc1cnn(C(C)(C)C)c1)C(=O)Oc1cnn(C(C)(C)C)c1. The minimum absolute atomic E-state index is 0.219. The molecule has 0 spiro atoms. The summed E-state index contributed by atoms with van der Waals surface area (Å²) in [5.74, 6) is 0.736. The normalized spacial score (nSPS) is 11.9. The molecule has 0 unspecified atom stereocenters. The Morgan fingerprint density at radius 3 is 1.41 bits per heavy atom. The molecule has 10 nitrogen and oxygen atoms in total. The molecule has 34 heavy (non-hydrogen) atoms. The van der Waals surface area contributed by atoms with Crippen LogP contribution < -0.4 is 9.47 Å². The van der Waals surface area contributed by atoms with Gasteiger partial charge in [-0.1, -0.05) is 13.8 Å². The van der Waals surface area contributed by atoms with E-state index in [1.807, 2.05) is 55.4 Å². The number of amides is 2. The van der Waals surface area contributed by atoms with Crippen molar-refractivity contribution in [1.82, 2.24) is 28.2 Å². The van der Waals surface area contributed by atoms with Crippen molar-refractivity contribution in [2.45, 2.75) is 79.3 Å². The second-order valence-corrected chi connectivity index (χ2v) is 11.7. The number of ether oxygens (including phenoxy) is 2. The molecule has 0 saturated heterocycles. The Morgan fingerprint density at radius 1 is 0.794 bits per heavy atom. The van der Waals surface area contributed by atoms with Crippen LogP contribution in [0.25, 0.3) is 0 Å². The van der Waals surface area contributed by atoms with E-state index < -0.39 is 12.2 Å². The zero-order valence-electron chi connectivity index (χ0n) is 21.3. The monoisotopic (exact) mass is 512 g/mol. The molecule has 0 aliphatic heterocycles. The van der Waals surface area contributed by atoms with E-state index in [-0.39, 0.29) is 11.1 Å². The lowest BCUT2D eigenvalue weighted by atomic mass is 10.1. The lowest BCUT2D eigenvalue weighted by Crippen LogP contribution is -2.31. The van der Waals surface area contributed by atoms with Crippen molar-refractivity contribution in [3.05, 3.63) is 24.8 Å². The highest BCUT2D eigenvalue weighted by atomic mass is 33.1. The van der Waals surface area contributed by atoms with Crippen LogP contribution in [0.1, 0.15) is 68.2 Å². The Kier molecular flexibility index (Phi) is 9.74. The van der Waals surface area contributed by atoms with Crippen molar-refractivity contribution in [2.24, 2.45) is 0 Å². The summed E-state index contributed by atoms with van der Waals surface area (Å²) < 4.78 is 17.5. The highest BCUT2D eigenvalue weighted by Gasteiger charge is 2.24. The first-order valence-corrected chi connectivity index (χ1v) is 13.3. The minimum Gasteiger partial charge on any atom is -0.406 e. The third kappa shape index (κ3) is 8.15. The zero-order chi connectivity index (χ0) is 25.5. The van der Waals surface area contributed by atoms with Gasteiger partial charge >= 0.3 is 12.2 Å². The second-order valence-electron chi connectivity index (χ2n) is 9.67. The first kappa shape index (κ1) is 27.9. The van der Waals surface area contributed by atoms with Gasteiger partial charge in [-0.2, -0.15) is 10.2 Å². The molecule has 190 valence electrons. The summed E-state index contributed by atoms with van der Waals surface area (Å²) in [6.45, 7) is 16.9. The van der Waals surface area contributed by atoms with E-state index in [0.717, 1.165) is 34.8 Å². The number of aromatic nitrogens is 4. The van der Waals surface area contributed by atoms with E-state index >= 15 is 0 Å². The summed E-state index contributed by atoms with van der Waals surface area (Å²) in [5.41, 5.74) is -0.439. The molecule has 12 heteroatoms. The molecule has 0 fully saturated rings. The summed E-state index contributed by atoms with van der Waals surface area (Å²) in [6, 6.07) is 0. The average molecular weight is 513 g/mol.